The summed E-state index contributed by atoms with van der Waals surface area (Å²) in [4.78, 5) is 24.7. The zero-order chi connectivity index (χ0) is 9.42. The highest BCUT2D eigenvalue weighted by atomic mass is 16.2. The maximum atomic E-state index is 11.6. The first-order valence-corrected chi connectivity index (χ1v) is 4.56. The lowest BCUT2D eigenvalue weighted by atomic mass is 10.2. The molecule has 2 aliphatic rings. The molecule has 0 spiro atoms. The molecule has 0 aliphatic carbocycles. The van der Waals surface area contributed by atoms with Gasteiger partial charge in [-0.05, 0) is 19.8 Å². The molecule has 0 aromatic rings. The number of amides is 2. The molecule has 2 heterocycles. The van der Waals surface area contributed by atoms with Crippen LogP contribution in [0.1, 0.15) is 19.8 Å². The lowest BCUT2D eigenvalue weighted by Crippen LogP contribution is -2.44. The molecule has 2 atom stereocenters. The second kappa shape index (κ2) is 2.99. The first kappa shape index (κ1) is 8.50. The molecule has 0 saturated carbocycles. The molecule has 2 amide bonds. The van der Waals surface area contributed by atoms with Crippen molar-refractivity contribution in [2.75, 3.05) is 6.54 Å². The fourth-order valence-electron chi connectivity index (χ4n) is 1.88. The fourth-order valence-corrected chi connectivity index (χ4v) is 1.88. The van der Waals surface area contributed by atoms with Gasteiger partial charge in [0.1, 0.15) is 12.1 Å². The Kier molecular flexibility index (Phi) is 1.95. The molecule has 2 rings (SSSR count). The van der Waals surface area contributed by atoms with E-state index in [1.807, 2.05) is 0 Å². The topological polar surface area (TPSA) is 61.4 Å². The number of hydrogen-bond acceptors (Lipinski definition) is 3. The molecule has 2 saturated heterocycles. The van der Waals surface area contributed by atoms with Crippen molar-refractivity contribution < 1.29 is 9.59 Å². The highest BCUT2D eigenvalue weighted by Gasteiger charge is 2.38. The average Bonchev–Trinajstić information content (AvgIpc) is 2.57. The minimum atomic E-state index is -0.313. The van der Waals surface area contributed by atoms with Crippen molar-refractivity contribution in [1.82, 2.24) is 15.8 Å². The summed E-state index contributed by atoms with van der Waals surface area (Å²) in [5, 5.41) is 0. The van der Waals surface area contributed by atoms with Gasteiger partial charge in [-0.1, -0.05) is 0 Å². The second-order valence-electron chi connectivity index (χ2n) is 3.54. The van der Waals surface area contributed by atoms with Crippen molar-refractivity contribution >= 4 is 11.8 Å². The molecular formula is C8H13N3O2. The van der Waals surface area contributed by atoms with Crippen LogP contribution in [0.2, 0.25) is 0 Å². The first-order valence-electron chi connectivity index (χ1n) is 4.56. The van der Waals surface area contributed by atoms with Crippen LogP contribution in [-0.4, -0.2) is 35.3 Å². The zero-order valence-corrected chi connectivity index (χ0v) is 7.54. The SMILES string of the molecule is C[C@@H]1NNC(=O)[C@@H]2CCCN2C1=O. The summed E-state index contributed by atoms with van der Waals surface area (Å²) in [6.07, 6.45) is 1.71. The highest BCUT2D eigenvalue weighted by molar-refractivity contribution is 5.92. The van der Waals surface area contributed by atoms with Crippen molar-refractivity contribution in [3.63, 3.8) is 0 Å². The van der Waals surface area contributed by atoms with E-state index in [2.05, 4.69) is 10.9 Å². The van der Waals surface area contributed by atoms with Gasteiger partial charge in [0, 0.05) is 6.54 Å². The summed E-state index contributed by atoms with van der Waals surface area (Å²) in [6.45, 7) is 2.46. The van der Waals surface area contributed by atoms with E-state index < -0.39 is 0 Å². The van der Waals surface area contributed by atoms with Gasteiger partial charge in [-0.25, -0.2) is 5.43 Å². The Morgan fingerprint density at radius 3 is 3.00 bits per heavy atom. The predicted molar refractivity (Wildman–Crippen MR) is 45.5 cm³/mol. The molecule has 13 heavy (non-hydrogen) atoms. The molecule has 0 radical (unpaired) electrons. The number of fused-ring (bicyclic) bond motifs is 1. The van der Waals surface area contributed by atoms with Crippen LogP contribution >= 0.6 is 0 Å². The minimum absolute atomic E-state index is 0.0147. The standard InChI is InChI=1S/C8H13N3O2/c1-5-8(13)11-4-2-3-6(11)7(12)10-9-5/h5-6,9H,2-4H2,1H3,(H,10,12)/t5-,6-/m0/s1. The third-order valence-electron chi connectivity index (χ3n) is 2.62. The molecule has 72 valence electrons. The Morgan fingerprint density at radius 2 is 2.23 bits per heavy atom. The highest BCUT2D eigenvalue weighted by Crippen LogP contribution is 2.19. The number of hydrazine groups is 1. The summed E-state index contributed by atoms with van der Waals surface area (Å²) in [7, 11) is 0. The Bertz CT molecular complexity index is 254. The van der Waals surface area contributed by atoms with Crippen LogP contribution in [0.15, 0.2) is 0 Å². The van der Waals surface area contributed by atoms with E-state index in [9.17, 15) is 9.59 Å². The first-order chi connectivity index (χ1) is 6.20. The van der Waals surface area contributed by atoms with Gasteiger partial charge in [0.25, 0.3) is 5.91 Å². The Balaban J connectivity index is 2.24. The Labute approximate surface area is 76.4 Å². The Morgan fingerprint density at radius 1 is 1.46 bits per heavy atom. The van der Waals surface area contributed by atoms with Crippen molar-refractivity contribution in [2.24, 2.45) is 0 Å². The molecule has 2 aliphatic heterocycles. The molecule has 0 aromatic carbocycles. The fraction of sp³-hybridized carbons (Fsp3) is 0.750. The van der Waals surface area contributed by atoms with Gasteiger partial charge in [-0.3, -0.25) is 15.0 Å². The van der Waals surface area contributed by atoms with E-state index in [1.54, 1.807) is 11.8 Å². The Hall–Kier alpha value is -1.10. The number of nitrogens with zero attached hydrogens (tertiary/aromatic N) is 1. The van der Waals surface area contributed by atoms with E-state index in [-0.39, 0.29) is 23.9 Å². The average molecular weight is 183 g/mol. The number of carbonyl (C=O) groups is 2. The molecule has 2 fully saturated rings. The second-order valence-corrected chi connectivity index (χ2v) is 3.54. The van der Waals surface area contributed by atoms with Gasteiger partial charge in [0.05, 0.1) is 0 Å². The van der Waals surface area contributed by atoms with Gasteiger partial charge < -0.3 is 4.90 Å². The molecule has 0 unspecified atom stereocenters. The maximum Gasteiger partial charge on any atom is 0.256 e. The van der Waals surface area contributed by atoms with Gasteiger partial charge in [-0.15, -0.1) is 0 Å². The minimum Gasteiger partial charge on any atom is -0.329 e. The smallest absolute Gasteiger partial charge is 0.256 e. The third kappa shape index (κ3) is 1.29. The summed E-state index contributed by atoms with van der Waals surface area (Å²) in [5.74, 6) is -0.0731. The molecule has 2 N–H and O–H groups in total. The summed E-state index contributed by atoms with van der Waals surface area (Å²) >= 11 is 0. The molecule has 0 aromatic heterocycles. The van der Waals surface area contributed by atoms with E-state index in [4.69, 9.17) is 0 Å². The normalized spacial score (nSPS) is 34.1. The van der Waals surface area contributed by atoms with Crippen LogP contribution in [0.5, 0.6) is 0 Å². The zero-order valence-electron chi connectivity index (χ0n) is 7.54. The van der Waals surface area contributed by atoms with Crippen LogP contribution in [0.3, 0.4) is 0 Å². The van der Waals surface area contributed by atoms with E-state index >= 15 is 0 Å². The quantitative estimate of drug-likeness (QED) is 0.506. The lowest BCUT2D eigenvalue weighted by molar-refractivity contribution is -0.136. The van der Waals surface area contributed by atoms with Crippen molar-refractivity contribution in [1.29, 1.82) is 0 Å². The maximum absolute atomic E-state index is 11.6. The molecular weight excluding hydrogens is 170 g/mol. The van der Waals surface area contributed by atoms with E-state index in [0.29, 0.717) is 6.54 Å². The molecule has 0 bridgehead atoms. The van der Waals surface area contributed by atoms with Crippen LogP contribution in [0.4, 0.5) is 0 Å². The van der Waals surface area contributed by atoms with Crippen molar-refractivity contribution in [3.8, 4) is 0 Å². The van der Waals surface area contributed by atoms with Crippen molar-refractivity contribution in [2.45, 2.75) is 31.8 Å². The number of nitrogens with one attached hydrogen (secondary N) is 2. The molecule has 5 nitrogen and oxygen atoms in total. The third-order valence-corrected chi connectivity index (χ3v) is 2.62. The van der Waals surface area contributed by atoms with Crippen LogP contribution in [-0.2, 0) is 9.59 Å². The van der Waals surface area contributed by atoms with Gasteiger partial charge >= 0.3 is 0 Å². The van der Waals surface area contributed by atoms with E-state index in [0.717, 1.165) is 12.8 Å². The monoisotopic (exact) mass is 183 g/mol. The van der Waals surface area contributed by atoms with Gasteiger partial charge in [0.15, 0.2) is 0 Å². The molecule has 5 heteroatoms. The lowest BCUT2D eigenvalue weighted by Gasteiger charge is -2.20. The summed E-state index contributed by atoms with van der Waals surface area (Å²) in [5.41, 5.74) is 5.23. The van der Waals surface area contributed by atoms with Crippen LogP contribution in [0, 0.1) is 0 Å². The number of hydrogen-bond donors (Lipinski definition) is 2. The predicted octanol–water partition coefficient (Wildman–Crippen LogP) is -1.000. The summed E-state index contributed by atoms with van der Waals surface area (Å²) in [6, 6.07) is -0.558. The van der Waals surface area contributed by atoms with Crippen molar-refractivity contribution in [3.05, 3.63) is 0 Å². The summed E-state index contributed by atoms with van der Waals surface area (Å²) < 4.78 is 0. The van der Waals surface area contributed by atoms with Crippen LogP contribution in [0.25, 0.3) is 0 Å². The number of rotatable bonds is 0. The largest absolute Gasteiger partial charge is 0.329 e. The van der Waals surface area contributed by atoms with Crippen LogP contribution < -0.4 is 10.9 Å². The van der Waals surface area contributed by atoms with Gasteiger partial charge in [-0.2, -0.15) is 0 Å². The van der Waals surface area contributed by atoms with E-state index in [1.165, 1.54) is 0 Å². The van der Waals surface area contributed by atoms with Gasteiger partial charge in [0.2, 0.25) is 5.91 Å². The number of carbonyl (C=O) groups excluding carboxylic acids is 2.